The Balaban J connectivity index is 0.000000460. The van der Waals surface area contributed by atoms with Gasteiger partial charge in [0.2, 0.25) is 0 Å². The second kappa shape index (κ2) is 13.8. The van der Waals surface area contributed by atoms with E-state index in [4.69, 9.17) is 0 Å². The Kier molecular flexibility index (Phi) is 12.3. The van der Waals surface area contributed by atoms with Crippen molar-refractivity contribution in [1.82, 2.24) is 0 Å². The van der Waals surface area contributed by atoms with Crippen molar-refractivity contribution in [2.24, 2.45) is 21.7 Å². The van der Waals surface area contributed by atoms with Gasteiger partial charge in [-0.3, -0.25) is 19.2 Å². The highest BCUT2D eigenvalue weighted by atomic mass is 16.1. The van der Waals surface area contributed by atoms with E-state index in [1.165, 1.54) is 0 Å². The highest BCUT2D eigenvalue weighted by Gasteiger charge is 2.30. The number of hydrogen-bond donors (Lipinski definition) is 2. The molecule has 2 rings (SSSR count). The lowest BCUT2D eigenvalue weighted by molar-refractivity contribution is 0.0849. The lowest BCUT2D eigenvalue weighted by Crippen LogP contribution is -2.29. The number of rotatable bonds is 6. The topological polar surface area (TPSA) is 92.3 Å². The molecule has 0 atom stereocenters. The van der Waals surface area contributed by atoms with Crippen LogP contribution in [0.5, 0.6) is 0 Å². The van der Waals surface area contributed by atoms with Crippen LogP contribution in [0.4, 0.5) is 11.4 Å². The molecule has 0 radical (unpaired) electrons. The number of anilines is 2. The zero-order valence-corrected chi connectivity index (χ0v) is 32.1. The predicted octanol–water partition coefficient (Wildman–Crippen LogP) is 10.7. The number of Topliss-reactive ketones (excluding diaryl/α,β-unsaturated/α-hetero) is 4. The normalized spacial score (nSPS) is 12.9. The second-order valence-corrected chi connectivity index (χ2v) is 18.6. The van der Waals surface area contributed by atoms with Gasteiger partial charge in [-0.25, -0.2) is 0 Å². The summed E-state index contributed by atoms with van der Waals surface area (Å²) >= 11 is 0. The van der Waals surface area contributed by atoms with Crippen molar-refractivity contribution in [1.29, 1.82) is 0 Å². The number of carbonyl (C=O) groups is 4. The molecule has 0 aliphatic heterocycles. The lowest BCUT2D eigenvalue weighted by Gasteiger charge is -2.27. The lowest BCUT2D eigenvalue weighted by atomic mass is 9.82. The van der Waals surface area contributed by atoms with Crippen molar-refractivity contribution >= 4 is 34.5 Å². The SMILES string of the molecule is CC(C)(C)Nc1cc(C(=O)C(C)(C)C)cc(C(=O)C(C)(C)C)c1.CC(C)(C)Nc1cc(C(=O)C(C)(C)C)ccc1C(=O)C(C)(C)C. The average Bonchev–Trinajstić information content (AvgIpc) is 2.82. The van der Waals surface area contributed by atoms with E-state index >= 15 is 0 Å². The fourth-order valence-electron chi connectivity index (χ4n) is 4.49. The Morgan fingerprint density at radius 1 is 0.413 bits per heavy atom. The third-order valence-corrected chi connectivity index (χ3v) is 6.74. The van der Waals surface area contributed by atoms with Crippen molar-refractivity contribution in [2.45, 2.75) is 136 Å². The summed E-state index contributed by atoms with van der Waals surface area (Å²) < 4.78 is 0. The fraction of sp³-hybridized carbons (Fsp3) is 0.600. The van der Waals surface area contributed by atoms with E-state index in [0.717, 1.165) is 11.4 Å². The van der Waals surface area contributed by atoms with Crippen LogP contribution >= 0.6 is 0 Å². The van der Waals surface area contributed by atoms with Crippen molar-refractivity contribution in [2.75, 3.05) is 10.6 Å². The number of hydrogen-bond acceptors (Lipinski definition) is 6. The van der Waals surface area contributed by atoms with E-state index in [0.29, 0.717) is 22.3 Å². The first-order chi connectivity index (χ1) is 20.2. The molecular formula is C40H62N2O4. The number of ketones is 4. The summed E-state index contributed by atoms with van der Waals surface area (Å²) in [6, 6.07) is 10.8. The summed E-state index contributed by atoms with van der Waals surface area (Å²) in [7, 11) is 0. The zero-order chi connectivity index (χ0) is 36.4. The summed E-state index contributed by atoms with van der Waals surface area (Å²) in [4.78, 5) is 50.6. The Bertz CT molecular complexity index is 1390. The largest absolute Gasteiger partial charge is 0.380 e. The molecule has 0 spiro atoms. The minimum Gasteiger partial charge on any atom is -0.380 e. The molecule has 0 saturated carbocycles. The Morgan fingerprint density at radius 2 is 0.761 bits per heavy atom. The molecule has 0 amide bonds. The van der Waals surface area contributed by atoms with E-state index < -0.39 is 21.7 Å². The molecule has 6 heteroatoms. The third-order valence-electron chi connectivity index (χ3n) is 6.74. The Labute approximate surface area is 279 Å². The van der Waals surface area contributed by atoms with Crippen molar-refractivity contribution in [3.05, 3.63) is 58.7 Å². The summed E-state index contributed by atoms with van der Waals surface area (Å²) in [5.74, 6) is 0.222. The van der Waals surface area contributed by atoms with Crippen LogP contribution in [0.15, 0.2) is 36.4 Å². The first-order valence-electron chi connectivity index (χ1n) is 16.3. The maximum atomic E-state index is 12.7. The predicted molar refractivity (Wildman–Crippen MR) is 195 cm³/mol. The molecule has 2 aromatic rings. The van der Waals surface area contributed by atoms with Gasteiger partial charge < -0.3 is 10.6 Å². The van der Waals surface area contributed by atoms with Gasteiger partial charge in [-0.15, -0.1) is 0 Å². The summed E-state index contributed by atoms with van der Waals surface area (Å²) in [5, 5.41) is 6.75. The molecule has 0 unspecified atom stereocenters. The highest BCUT2D eigenvalue weighted by Crippen LogP contribution is 2.32. The van der Waals surface area contributed by atoms with Gasteiger partial charge in [0.15, 0.2) is 23.1 Å². The van der Waals surface area contributed by atoms with Gasteiger partial charge in [-0.05, 0) is 71.9 Å². The van der Waals surface area contributed by atoms with Gasteiger partial charge in [-0.2, -0.15) is 0 Å². The van der Waals surface area contributed by atoms with Gasteiger partial charge >= 0.3 is 0 Å². The van der Waals surface area contributed by atoms with Crippen LogP contribution in [0.2, 0.25) is 0 Å². The molecule has 2 aromatic carbocycles. The maximum absolute atomic E-state index is 12.7. The van der Waals surface area contributed by atoms with Crippen LogP contribution in [-0.2, 0) is 0 Å². The van der Waals surface area contributed by atoms with E-state index in [1.807, 2.05) is 122 Å². The van der Waals surface area contributed by atoms with Gasteiger partial charge in [0.05, 0.1) is 0 Å². The van der Waals surface area contributed by atoms with Gasteiger partial charge in [0.25, 0.3) is 0 Å². The van der Waals surface area contributed by atoms with Crippen molar-refractivity contribution in [3.8, 4) is 0 Å². The first kappa shape index (κ1) is 40.7. The molecule has 0 aromatic heterocycles. The number of carbonyl (C=O) groups excluding carboxylic acids is 4. The van der Waals surface area contributed by atoms with E-state index in [2.05, 4.69) is 31.4 Å². The minimum atomic E-state index is -0.484. The molecule has 0 aliphatic rings. The molecule has 0 bridgehead atoms. The standard InChI is InChI=1S/2C20H31NO2/c1-18(2,3)16(22)13-10-14(17(23)19(4,5)6)12-15(11-13)21-20(7,8)9;1-18(2,3)16(22)13-10-11-14(17(23)19(4,5)6)15(12-13)21-20(7,8)9/h2*10-12,21H,1-9H3. The van der Waals surface area contributed by atoms with Crippen LogP contribution < -0.4 is 10.6 Å². The molecule has 6 nitrogen and oxygen atoms in total. The second-order valence-electron chi connectivity index (χ2n) is 18.6. The van der Waals surface area contributed by atoms with Gasteiger partial charge in [-0.1, -0.05) is 89.2 Å². The van der Waals surface area contributed by atoms with E-state index in [-0.39, 0.29) is 34.2 Å². The van der Waals surface area contributed by atoms with E-state index in [1.54, 1.807) is 18.2 Å². The molecule has 0 aliphatic carbocycles. The van der Waals surface area contributed by atoms with Crippen LogP contribution in [-0.4, -0.2) is 34.2 Å². The molecule has 2 N–H and O–H groups in total. The van der Waals surface area contributed by atoms with Crippen molar-refractivity contribution in [3.63, 3.8) is 0 Å². The van der Waals surface area contributed by atoms with Gasteiger partial charge in [0, 0.05) is 66.4 Å². The number of nitrogens with one attached hydrogen (secondary N) is 2. The summed E-state index contributed by atoms with van der Waals surface area (Å²) in [5.41, 5.74) is 1.74. The first-order valence-corrected chi connectivity index (χ1v) is 16.3. The minimum absolute atomic E-state index is 0.0398. The van der Waals surface area contributed by atoms with Crippen molar-refractivity contribution < 1.29 is 19.2 Å². The summed E-state index contributed by atoms with van der Waals surface area (Å²) in [6.45, 7) is 35.1. The highest BCUT2D eigenvalue weighted by molar-refractivity contribution is 6.07. The molecular weight excluding hydrogens is 572 g/mol. The fourth-order valence-corrected chi connectivity index (χ4v) is 4.49. The molecule has 256 valence electrons. The van der Waals surface area contributed by atoms with Crippen LogP contribution in [0.25, 0.3) is 0 Å². The van der Waals surface area contributed by atoms with Gasteiger partial charge in [0.1, 0.15) is 0 Å². The molecule has 0 fully saturated rings. The smallest absolute Gasteiger partial charge is 0.170 e. The monoisotopic (exact) mass is 634 g/mol. The third kappa shape index (κ3) is 12.5. The average molecular weight is 635 g/mol. The maximum Gasteiger partial charge on any atom is 0.170 e. The Morgan fingerprint density at radius 3 is 1.09 bits per heavy atom. The van der Waals surface area contributed by atoms with Crippen LogP contribution in [0.1, 0.15) is 166 Å². The quantitative estimate of drug-likeness (QED) is 0.307. The van der Waals surface area contributed by atoms with Crippen LogP contribution in [0.3, 0.4) is 0 Å². The Hall–Kier alpha value is -3.28. The summed E-state index contributed by atoms with van der Waals surface area (Å²) in [6.07, 6.45) is 0. The van der Waals surface area contributed by atoms with E-state index in [9.17, 15) is 19.2 Å². The zero-order valence-electron chi connectivity index (χ0n) is 32.1. The van der Waals surface area contributed by atoms with Crippen LogP contribution in [0, 0.1) is 21.7 Å². The molecule has 46 heavy (non-hydrogen) atoms. The molecule has 0 heterocycles. The number of benzene rings is 2. The molecule has 0 saturated heterocycles.